The molecule has 1 saturated heterocycles. The van der Waals surface area contributed by atoms with E-state index in [1.54, 1.807) is 24.3 Å². The fraction of sp³-hybridized carbons (Fsp3) is 0.333. The van der Waals surface area contributed by atoms with Crippen LogP contribution in [-0.2, 0) is 4.79 Å². The van der Waals surface area contributed by atoms with Crippen molar-refractivity contribution in [3.8, 4) is 5.75 Å². The number of imide groups is 1. The average molecular weight is 266 g/mol. The van der Waals surface area contributed by atoms with E-state index in [4.69, 9.17) is 14.9 Å². The van der Waals surface area contributed by atoms with Gasteiger partial charge >= 0.3 is 6.03 Å². The summed E-state index contributed by atoms with van der Waals surface area (Å²) in [6, 6.07) is 6.10. The van der Waals surface area contributed by atoms with Gasteiger partial charge in [-0.15, -0.1) is 0 Å². The summed E-state index contributed by atoms with van der Waals surface area (Å²) in [4.78, 5) is 24.1. The fourth-order valence-electron chi connectivity index (χ4n) is 1.70. The van der Waals surface area contributed by atoms with Crippen LogP contribution < -0.4 is 15.0 Å². The predicted octanol–water partition coefficient (Wildman–Crippen LogP) is -0.178. The van der Waals surface area contributed by atoms with Crippen molar-refractivity contribution in [1.29, 1.82) is 0 Å². The van der Waals surface area contributed by atoms with Crippen molar-refractivity contribution in [3.05, 3.63) is 24.3 Å². The van der Waals surface area contributed by atoms with Crippen molar-refractivity contribution in [1.82, 2.24) is 5.32 Å². The number of nitrogens with zero attached hydrogens (tertiary/aromatic N) is 1. The predicted molar refractivity (Wildman–Crippen MR) is 65.7 cm³/mol. The normalized spacial score (nSPS) is 15.6. The van der Waals surface area contributed by atoms with Crippen LogP contribution in [0.4, 0.5) is 10.5 Å². The van der Waals surface area contributed by atoms with E-state index in [0.717, 1.165) is 0 Å². The van der Waals surface area contributed by atoms with Crippen LogP contribution in [0.15, 0.2) is 24.3 Å². The summed E-state index contributed by atoms with van der Waals surface area (Å²) in [5.74, 6) is 0.184. The van der Waals surface area contributed by atoms with Gasteiger partial charge < -0.3 is 14.9 Å². The standard InChI is InChI=1S/C12H14N2O5/c15-10-5-6-14(12(18)13-10)8-1-3-9(4-2-8)19-7-11(16)17/h1-4,11,16-17H,5-7H2,(H,13,15,18). The van der Waals surface area contributed by atoms with Crippen LogP contribution in [0.2, 0.25) is 0 Å². The molecule has 1 aliphatic rings. The Hall–Kier alpha value is -2.12. The van der Waals surface area contributed by atoms with Crippen LogP contribution in [0, 0.1) is 0 Å². The molecule has 7 nitrogen and oxygen atoms in total. The monoisotopic (exact) mass is 266 g/mol. The van der Waals surface area contributed by atoms with Gasteiger partial charge in [0.05, 0.1) is 0 Å². The Labute approximate surface area is 109 Å². The second-order valence-electron chi connectivity index (χ2n) is 4.04. The maximum atomic E-state index is 11.6. The molecule has 3 amide bonds. The van der Waals surface area contributed by atoms with E-state index in [1.807, 2.05) is 0 Å². The molecule has 0 aliphatic carbocycles. The Morgan fingerprint density at radius 2 is 1.95 bits per heavy atom. The van der Waals surface area contributed by atoms with Crippen LogP contribution in [0.3, 0.4) is 0 Å². The van der Waals surface area contributed by atoms with Crippen molar-refractivity contribution >= 4 is 17.6 Å². The van der Waals surface area contributed by atoms with E-state index in [0.29, 0.717) is 18.0 Å². The zero-order valence-electron chi connectivity index (χ0n) is 10.1. The highest BCUT2D eigenvalue weighted by Crippen LogP contribution is 2.21. The molecule has 19 heavy (non-hydrogen) atoms. The smallest absolute Gasteiger partial charge is 0.328 e. The third-order valence-electron chi connectivity index (χ3n) is 2.60. The van der Waals surface area contributed by atoms with E-state index in [1.165, 1.54) is 4.90 Å². The molecule has 1 aliphatic heterocycles. The molecule has 1 fully saturated rings. The molecule has 1 aromatic carbocycles. The van der Waals surface area contributed by atoms with Crippen molar-refractivity contribution in [2.45, 2.75) is 12.7 Å². The number of benzene rings is 1. The van der Waals surface area contributed by atoms with Gasteiger partial charge in [0.25, 0.3) is 0 Å². The summed E-state index contributed by atoms with van der Waals surface area (Å²) < 4.78 is 5.08. The van der Waals surface area contributed by atoms with Crippen LogP contribution in [-0.4, -0.2) is 41.6 Å². The molecule has 0 spiro atoms. The molecule has 3 N–H and O–H groups in total. The molecule has 0 bridgehead atoms. The Kier molecular flexibility index (Phi) is 3.98. The summed E-state index contributed by atoms with van der Waals surface area (Å²) in [6.07, 6.45) is -1.26. The topological polar surface area (TPSA) is 99.1 Å². The molecular weight excluding hydrogens is 252 g/mol. The first-order valence-corrected chi connectivity index (χ1v) is 5.76. The van der Waals surface area contributed by atoms with Crippen LogP contribution in [0.5, 0.6) is 5.75 Å². The second kappa shape index (κ2) is 5.68. The fourth-order valence-corrected chi connectivity index (χ4v) is 1.70. The second-order valence-corrected chi connectivity index (χ2v) is 4.04. The maximum absolute atomic E-state index is 11.6. The molecular formula is C12H14N2O5. The summed E-state index contributed by atoms with van der Waals surface area (Å²) in [5.41, 5.74) is 0.641. The van der Waals surface area contributed by atoms with Crippen LogP contribution in [0.1, 0.15) is 6.42 Å². The molecule has 7 heteroatoms. The van der Waals surface area contributed by atoms with Gasteiger partial charge in [0.2, 0.25) is 5.91 Å². The van der Waals surface area contributed by atoms with Crippen molar-refractivity contribution in [2.75, 3.05) is 18.1 Å². The van der Waals surface area contributed by atoms with Crippen molar-refractivity contribution < 1.29 is 24.5 Å². The highest BCUT2D eigenvalue weighted by Gasteiger charge is 2.23. The summed E-state index contributed by atoms with van der Waals surface area (Å²) >= 11 is 0. The number of aliphatic hydroxyl groups excluding tert-OH is 1. The number of hydrogen-bond acceptors (Lipinski definition) is 5. The Bertz CT molecular complexity index is 472. The lowest BCUT2D eigenvalue weighted by Crippen LogP contribution is -2.49. The highest BCUT2D eigenvalue weighted by atomic mass is 16.5. The number of aliphatic hydroxyl groups is 2. The van der Waals surface area contributed by atoms with Crippen molar-refractivity contribution in [3.63, 3.8) is 0 Å². The van der Waals surface area contributed by atoms with Gasteiger partial charge in [-0.3, -0.25) is 15.0 Å². The number of amides is 3. The molecule has 0 unspecified atom stereocenters. The van der Waals surface area contributed by atoms with Gasteiger partial charge in [-0.2, -0.15) is 0 Å². The van der Waals surface area contributed by atoms with Gasteiger partial charge in [0, 0.05) is 18.7 Å². The Balaban J connectivity index is 2.01. The molecule has 0 radical (unpaired) electrons. The number of hydrogen-bond donors (Lipinski definition) is 3. The number of carbonyl (C=O) groups excluding carboxylic acids is 2. The van der Waals surface area contributed by atoms with Gasteiger partial charge in [0.1, 0.15) is 12.4 Å². The zero-order valence-corrected chi connectivity index (χ0v) is 10.1. The van der Waals surface area contributed by atoms with E-state index in [9.17, 15) is 9.59 Å². The van der Waals surface area contributed by atoms with Gasteiger partial charge in [-0.05, 0) is 24.3 Å². The third-order valence-corrected chi connectivity index (χ3v) is 2.60. The average Bonchev–Trinajstić information content (AvgIpc) is 2.37. The van der Waals surface area contributed by atoms with E-state index in [2.05, 4.69) is 5.32 Å². The minimum absolute atomic E-state index is 0.224. The number of ether oxygens (including phenoxy) is 1. The first-order valence-electron chi connectivity index (χ1n) is 5.76. The Morgan fingerprint density at radius 3 is 2.53 bits per heavy atom. The number of urea groups is 1. The first-order chi connectivity index (χ1) is 9.06. The largest absolute Gasteiger partial charge is 0.488 e. The number of rotatable bonds is 4. The molecule has 0 atom stereocenters. The molecule has 2 rings (SSSR count). The maximum Gasteiger partial charge on any atom is 0.328 e. The van der Waals surface area contributed by atoms with E-state index in [-0.39, 0.29) is 18.9 Å². The third kappa shape index (κ3) is 3.43. The van der Waals surface area contributed by atoms with Crippen molar-refractivity contribution in [2.24, 2.45) is 0 Å². The lowest BCUT2D eigenvalue weighted by Gasteiger charge is -2.26. The zero-order chi connectivity index (χ0) is 13.8. The summed E-state index contributed by atoms with van der Waals surface area (Å²) in [7, 11) is 0. The molecule has 0 aromatic heterocycles. The van der Waals surface area contributed by atoms with Gasteiger partial charge in [-0.25, -0.2) is 4.79 Å². The molecule has 102 valence electrons. The quantitative estimate of drug-likeness (QED) is 0.657. The Morgan fingerprint density at radius 1 is 1.26 bits per heavy atom. The number of nitrogens with one attached hydrogen (secondary N) is 1. The number of carbonyl (C=O) groups is 2. The van der Waals surface area contributed by atoms with E-state index >= 15 is 0 Å². The highest BCUT2D eigenvalue weighted by molar-refractivity contribution is 6.05. The SMILES string of the molecule is O=C1CCN(c2ccc(OCC(O)O)cc2)C(=O)N1. The van der Waals surface area contributed by atoms with E-state index < -0.39 is 12.3 Å². The van der Waals surface area contributed by atoms with Crippen LogP contribution in [0.25, 0.3) is 0 Å². The summed E-state index contributed by atoms with van der Waals surface area (Å²) in [5, 5.41) is 19.6. The number of anilines is 1. The minimum Gasteiger partial charge on any atom is -0.488 e. The lowest BCUT2D eigenvalue weighted by atomic mass is 10.2. The molecule has 1 heterocycles. The molecule has 1 aromatic rings. The van der Waals surface area contributed by atoms with Gasteiger partial charge in [-0.1, -0.05) is 0 Å². The van der Waals surface area contributed by atoms with Crippen LogP contribution >= 0.6 is 0 Å². The summed E-state index contributed by atoms with van der Waals surface area (Å²) in [6.45, 7) is 0.109. The minimum atomic E-state index is -1.53. The first kappa shape index (κ1) is 13.3. The molecule has 0 saturated carbocycles. The van der Waals surface area contributed by atoms with Gasteiger partial charge in [0.15, 0.2) is 6.29 Å². The lowest BCUT2D eigenvalue weighted by molar-refractivity contribution is -0.120.